The number of benzene rings is 3. The first-order chi connectivity index (χ1) is 23.0. The van der Waals surface area contributed by atoms with Gasteiger partial charge in [0.15, 0.2) is 5.60 Å². The van der Waals surface area contributed by atoms with Crippen LogP contribution < -0.4 is 15.6 Å². The first kappa shape index (κ1) is 35.6. The van der Waals surface area contributed by atoms with E-state index in [0.29, 0.717) is 29.1 Å². The molecule has 0 amide bonds. The van der Waals surface area contributed by atoms with Gasteiger partial charge in [0.25, 0.3) is 5.56 Å². The van der Waals surface area contributed by atoms with Gasteiger partial charge in [-0.25, -0.2) is 9.78 Å². The molecule has 0 spiro atoms. The molecule has 5 aromatic rings. The minimum Gasteiger partial charge on any atom is -0.486 e. The number of pyridine rings is 2. The highest BCUT2D eigenvalue weighted by atomic mass is 35.5. The van der Waals surface area contributed by atoms with Gasteiger partial charge in [-0.05, 0) is 68.0 Å². The Hall–Kier alpha value is -4.71. The number of hydrogen-bond donors (Lipinski definition) is 2. The number of aliphatic hydroxyl groups is 1. The summed E-state index contributed by atoms with van der Waals surface area (Å²) in [6, 6.07) is 26.0. The monoisotopic (exact) mass is 693 g/mol. The smallest absolute Gasteiger partial charge is 0.416 e. The molecule has 2 N–H and O–H groups in total. The van der Waals surface area contributed by atoms with Gasteiger partial charge < -0.3 is 24.5 Å². The van der Waals surface area contributed by atoms with Crippen LogP contribution in [0.5, 0.6) is 5.75 Å². The quantitative estimate of drug-likeness (QED) is 0.175. The molecule has 256 valence electrons. The fraction of sp³-hybridized carbons (Fsp3) is 0.270. The zero-order valence-electron chi connectivity index (χ0n) is 26.8. The number of nitrogens with one attached hydrogen (secondary N) is 1. The second-order valence-corrected chi connectivity index (χ2v) is 11.7. The molecule has 4 heterocycles. The lowest BCUT2D eigenvalue weighted by Crippen LogP contribution is -2.44. The molecule has 2 aliphatic heterocycles. The van der Waals surface area contributed by atoms with Gasteiger partial charge in [0.05, 0.1) is 34.6 Å². The van der Waals surface area contributed by atoms with E-state index in [1.807, 2.05) is 67.7 Å². The van der Waals surface area contributed by atoms with Crippen molar-refractivity contribution in [3.63, 3.8) is 0 Å². The number of hydrogen-bond acceptors (Lipinski definition) is 7. The predicted molar refractivity (Wildman–Crippen MR) is 182 cm³/mol. The largest absolute Gasteiger partial charge is 0.486 e. The third kappa shape index (κ3) is 7.05. The number of cyclic esters (lactones) is 1. The number of carbonyl (C=O) groups is 1. The Morgan fingerprint density at radius 1 is 1.02 bits per heavy atom. The van der Waals surface area contributed by atoms with E-state index in [2.05, 4.69) is 5.32 Å². The molecule has 0 fully saturated rings. The van der Waals surface area contributed by atoms with Crippen LogP contribution in [0, 0.1) is 0 Å². The van der Waals surface area contributed by atoms with Gasteiger partial charge in [0.2, 0.25) is 0 Å². The van der Waals surface area contributed by atoms with Crippen LogP contribution >= 0.6 is 12.4 Å². The van der Waals surface area contributed by atoms with Gasteiger partial charge in [-0.3, -0.25) is 4.79 Å². The number of alkyl halides is 3. The second kappa shape index (κ2) is 14.4. The number of esters is 1. The highest BCUT2D eigenvalue weighted by Gasteiger charge is 2.45. The fourth-order valence-corrected chi connectivity index (χ4v) is 6.05. The summed E-state index contributed by atoms with van der Waals surface area (Å²) < 4.78 is 50.3. The number of carbonyl (C=O) groups excluding carboxylic acids is 1. The molecule has 2 aliphatic rings. The highest BCUT2D eigenvalue weighted by molar-refractivity contribution is 5.86. The maximum Gasteiger partial charge on any atom is 0.416 e. The zero-order chi connectivity index (χ0) is 34.1. The Bertz CT molecular complexity index is 2020. The second-order valence-electron chi connectivity index (χ2n) is 11.7. The maximum atomic E-state index is 13.0. The molecule has 2 unspecified atom stereocenters. The number of para-hydroxylation sites is 1. The summed E-state index contributed by atoms with van der Waals surface area (Å²) in [7, 11) is 1.85. The normalized spacial score (nSPS) is 16.7. The average molecular weight is 694 g/mol. The van der Waals surface area contributed by atoms with E-state index < -0.39 is 23.3 Å². The van der Waals surface area contributed by atoms with E-state index in [4.69, 9.17) is 14.5 Å². The molecule has 2 atom stereocenters. The van der Waals surface area contributed by atoms with Crippen LogP contribution in [0.25, 0.3) is 22.3 Å². The molecule has 0 saturated heterocycles. The minimum absolute atomic E-state index is 0. The van der Waals surface area contributed by atoms with Crippen molar-refractivity contribution < 1.29 is 32.5 Å². The molecular formula is C37H35ClF3N3O5. The highest BCUT2D eigenvalue weighted by Crippen LogP contribution is 2.38. The van der Waals surface area contributed by atoms with E-state index in [1.165, 1.54) is 12.1 Å². The summed E-state index contributed by atoms with van der Waals surface area (Å²) in [4.78, 5) is 29.9. The Balaban J connectivity index is 0.000000190. The molecule has 7 rings (SSSR count). The van der Waals surface area contributed by atoms with E-state index in [0.717, 1.165) is 52.8 Å². The van der Waals surface area contributed by atoms with Crippen molar-refractivity contribution in [1.29, 1.82) is 0 Å². The van der Waals surface area contributed by atoms with Gasteiger partial charge in [0.1, 0.15) is 18.5 Å². The molecule has 0 saturated carbocycles. The van der Waals surface area contributed by atoms with Crippen LogP contribution in [0.2, 0.25) is 0 Å². The molecule has 8 nitrogen and oxygen atoms in total. The molecule has 0 radical (unpaired) electrons. The van der Waals surface area contributed by atoms with Crippen molar-refractivity contribution in [2.24, 2.45) is 0 Å². The van der Waals surface area contributed by atoms with Crippen molar-refractivity contribution in [2.45, 2.75) is 50.8 Å². The number of halogens is 4. The SMILES string of the molecule is CCC1(O)C(=O)OCc2c1cc1n(c2=O)Cc2cc3ccccc3nc2-1.CNCCC(Oc1ccc(C(F)(F)F)cc1)c1ccccc1.Cl. The molecular weight excluding hydrogens is 659 g/mol. The van der Waals surface area contributed by atoms with Gasteiger partial charge in [-0.1, -0.05) is 55.5 Å². The first-order valence-electron chi connectivity index (χ1n) is 15.6. The lowest BCUT2D eigenvalue weighted by atomic mass is 9.86. The van der Waals surface area contributed by atoms with Gasteiger partial charge in [-0.15, -0.1) is 12.4 Å². The predicted octanol–water partition coefficient (Wildman–Crippen LogP) is 6.94. The molecule has 49 heavy (non-hydrogen) atoms. The molecule has 2 aromatic heterocycles. The van der Waals surface area contributed by atoms with Crippen LogP contribution in [0.3, 0.4) is 0 Å². The summed E-state index contributed by atoms with van der Waals surface area (Å²) >= 11 is 0. The van der Waals surface area contributed by atoms with Crippen LogP contribution in [0.4, 0.5) is 13.2 Å². The van der Waals surface area contributed by atoms with Crippen molar-refractivity contribution in [3.8, 4) is 17.1 Å². The summed E-state index contributed by atoms with van der Waals surface area (Å²) in [6.45, 7) is 2.76. The fourth-order valence-electron chi connectivity index (χ4n) is 6.05. The number of ether oxygens (including phenoxy) is 2. The molecule has 3 aromatic carbocycles. The Morgan fingerprint density at radius 2 is 1.71 bits per heavy atom. The standard InChI is InChI=1S/C20H16N2O4.C17H18F3NO.ClH/c1-2-20(25)14-8-16-17-12(7-11-5-3-4-6-15(11)21-17)9-22(16)18(23)13(14)10-26-19(20)24;1-21-12-11-16(13-5-3-2-4-6-13)22-15-9-7-14(8-10-15)17(18,19)20;/h3-8,25H,2,9-10H2,1H3;2-10,16,21H,11-12H2,1H3;1H. The van der Waals surface area contributed by atoms with Crippen molar-refractivity contribution in [3.05, 3.63) is 129 Å². The minimum atomic E-state index is -4.33. The third-order valence-electron chi connectivity index (χ3n) is 8.70. The summed E-state index contributed by atoms with van der Waals surface area (Å²) in [6.07, 6.45) is -3.67. The van der Waals surface area contributed by atoms with Crippen molar-refractivity contribution in [1.82, 2.24) is 14.9 Å². The third-order valence-corrected chi connectivity index (χ3v) is 8.70. The zero-order valence-corrected chi connectivity index (χ0v) is 27.6. The lowest BCUT2D eigenvalue weighted by molar-refractivity contribution is -0.172. The van der Waals surface area contributed by atoms with Crippen molar-refractivity contribution in [2.75, 3.05) is 13.6 Å². The lowest BCUT2D eigenvalue weighted by Gasteiger charge is -2.31. The van der Waals surface area contributed by atoms with E-state index in [9.17, 15) is 27.9 Å². The number of nitrogens with zero attached hydrogens (tertiary/aromatic N) is 2. The van der Waals surface area contributed by atoms with Crippen LogP contribution in [-0.2, 0) is 34.5 Å². The van der Waals surface area contributed by atoms with Gasteiger partial charge >= 0.3 is 12.1 Å². The average Bonchev–Trinajstić information content (AvgIpc) is 3.45. The number of rotatable bonds is 7. The Labute approximate surface area is 286 Å². The summed E-state index contributed by atoms with van der Waals surface area (Å²) in [5.74, 6) is -0.278. The number of aromatic nitrogens is 2. The van der Waals surface area contributed by atoms with Crippen LogP contribution in [-0.4, -0.2) is 34.2 Å². The topological polar surface area (TPSA) is 103 Å². The molecule has 0 aliphatic carbocycles. The van der Waals surface area contributed by atoms with E-state index >= 15 is 0 Å². The van der Waals surface area contributed by atoms with Gasteiger partial charge in [-0.2, -0.15) is 13.2 Å². The molecule has 12 heteroatoms. The van der Waals surface area contributed by atoms with Crippen LogP contribution in [0.15, 0.2) is 95.8 Å². The molecule has 0 bridgehead atoms. The van der Waals surface area contributed by atoms with E-state index in [-0.39, 0.29) is 37.1 Å². The van der Waals surface area contributed by atoms with E-state index in [1.54, 1.807) is 17.6 Å². The Kier molecular flexibility index (Phi) is 10.5. The van der Waals surface area contributed by atoms with Gasteiger partial charge in [0, 0.05) is 22.9 Å². The van der Waals surface area contributed by atoms with Crippen molar-refractivity contribution >= 4 is 29.3 Å². The summed E-state index contributed by atoms with van der Waals surface area (Å²) in [5, 5.41) is 14.9. The maximum absolute atomic E-state index is 13.0. The Morgan fingerprint density at radius 3 is 2.39 bits per heavy atom. The number of fused-ring (bicyclic) bond motifs is 5. The first-order valence-corrected chi connectivity index (χ1v) is 15.6. The summed E-state index contributed by atoms with van der Waals surface area (Å²) in [5.41, 5.74) is 2.14. The van der Waals surface area contributed by atoms with Crippen LogP contribution in [0.1, 0.15) is 53.7 Å².